The second-order valence-electron chi connectivity index (χ2n) is 5.15. The fourth-order valence-electron chi connectivity index (χ4n) is 2.79. The second kappa shape index (κ2) is 5.69. The highest BCUT2D eigenvalue weighted by Crippen LogP contribution is 2.20. The first-order valence-electron chi connectivity index (χ1n) is 7.03. The number of aromatic nitrogens is 1. The van der Waals surface area contributed by atoms with Gasteiger partial charge >= 0.3 is 5.97 Å². The normalized spacial score (nSPS) is 18.0. The van der Waals surface area contributed by atoms with Crippen LogP contribution in [0.1, 0.15) is 23.2 Å². The molecular weight excluding hydrogens is 270 g/mol. The van der Waals surface area contributed by atoms with Crippen LogP contribution in [0.15, 0.2) is 35.1 Å². The van der Waals surface area contributed by atoms with Crippen molar-refractivity contribution in [3.8, 4) is 0 Å². The number of carbonyl (C=O) groups excluding carboxylic acids is 1. The third kappa shape index (κ3) is 2.56. The van der Waals surface area contributed by atoms with Crippen molar-refractivity contribution >= 4 is 16.9 Å². The van der Waals surface area contributed by atoms with Gasteiger partial charge in [0.05, 0.1) is 30.8 Å². The Bertz CT molecular complexity index is 729. The Kier molecular flexibility index (Phi) is 3.75. The second-order valence-corrected chi connectivity index (χ2v) is 5.15. The maximum Gasteiger partial charge on any atom is 0.338 e. The van der Waals surface area contributed by atoms with Gasteiger partial charge in [0, 0.05) is 18.1 Å². The first-order valence-corrected chi connectivity index (χ1v) is 7.03. The maximum absolute atomic E-state index is 12.4. The van der Waals surface area contributed by atoms with Crippen molar-refractivity contribution in [3.05, 3.63) is 46.2 Å². The van der Waals surface area contributed by atoms with Crippen molar-refractivity contribution < 1.29 is 14.3 Å². The lowest BCUT2D eigenvalue weighted by atomic mass is 10.1. The Balaban J connectivity index is 2.14. The van der Waals surface area contributed by atoms with Gasteiger partial charge in [0.2, 0.25) is 0 Å². The van der Waals surface area contributed by atoms with Gasteiger partial charge in [-0.05, 0) is 18.9 Å². The van der Waals surface area contributed by atoms with E-state index in [9.17, 15) is 9.59 Å². The van der Waals surface area contributed by atoms with Gasteiger partial charge in [0.25, 0.3) is 5.56 Å². The first-order chi connectivity index (χ1) is 10.2. The maximum atomic E-state index is 12.4. The number of hydrogen-bond donors (Lipinski definition) is 0. The molecule has 1 atom stereocenters. The van der Waals surface area contributed by atoms with E-state index >= 15 is 0 Å². The van der Waals surface area contributed by atoms with Gasteiger partial charge in [0.1, 0.15) is 0 Å². The number of fused-ring (bicyclic) bond motifs is 1. The highest BCUT2D eigenvalue weighted by Gasteiger charge is 2.20. The Morgan fingerprint density at radius 1 is 1.43 bits per heavy atom. The van der Waals surface area contributed by atoms with Crippen LogP contribution in [-0.4, -0.2) is 30.4 Å². The van der Waals surface area contributed by atoms with Gasteiger partial charge in [0.15, 0.2) is 0 Å². The molecule has 1 aromatic carbocycles. The fourth-order valence-corrected chi connectivity index (χ4v) is 2.79. The van der Waals surface area contributed by atoms with Crippen LogP contribution in [0.4, 0.5) is 0 Å². The number of nitrogens with zero attached hydrogens (tertiary/aromatic N) is 1. The van der Waals surface area contributed by atoms with Gasteiger partial charge in [-0.2, -0.15) is 0 Å². The zero-order chi connectivity index (χ0) is 14.8. The summed E-state index contributed by atoms with van der Waals surface area (Å²) < 4.78 is 12.0. The molecule has 0 saturated carbocycles. The molecule has 2 aromatic rings. The molecule has 1 aliphatic heterocycles. The van der Waals surface area contributed by atoms with Crippen LogP contribution in [0, 0.1) is 0 Å². The fraction of sp³-hybridized carbons (Fsp3) is 0.375. The lowest BCUT2D eigenvalue weighted by molar-refractivity contribution is 0.0602. The van der Waals surface area contributed by atoms with Crippen molar-refractivity contribution in [2.45, 2.75) is 25.5 Å². The number of esters is 1. The first kappa shape index (κ1) is 13.8. The molecular formula is C16H17NO4. The molecule has 1 fully saturated rings. The largest absolute Gasteiger partial charge is 0.465 e. The smallest absolute Gasteiger partial charge is 0.338 e. The summed E-state index contributed by atoms with van der Waals surface area (Å²) in [7, 11) is 1.31. The van der Waals surface area contributed by atoms with Gasteiger partial charge in [-0.15, -0.1) is 0 Å². The van der Waals surface area contributed by atoms with Crippen LogP contribution >= 0.6 is 0 Å². The highest BCUT2D eigenvalue weighted by molar-refractivity contribution is 6.03. The van der Waals surface area contributed by atoms with E-state index in [4.69, 9.17) is 9.47 Å². The molecule has 110 valence electrons. The third-order valence-corrected chi connectivity index (χ3v) is 3.83. The number of para-hydroxylation sites is 1. The van der Waals surface area contributed by atoms with Crippen molar-refractivity contribution in [3.63, 3.8) is 0 Å². The van der Waals surface area contributed by atoms with Gasteiger partial charge in [-0.3, -0.25) is 4.79 Å². The van der Waals surface area contributed by atoms with Crippen molar-refractivity contribution in [1.29, 1.82) is 0 Å². The molecule has 1 saturated heterocycles. The molecule has 0 bridgehead atoms. The van der Waals surface area contributed by atoms with Crippen LogP contribution in [0.5, 0.6) is 0 Å². The van der Waals surface area contributed by atoms with Crippen LogP contribution < -0.4 is 5.56 Å². The third-order valence-electron chi connectivity index (χ3n) is 3.83. The van der Waals surface area contributed by atoms with Gasteiger partial charge in [-0.25, -0.2) is 4.79 Å². The van der Waals surface area contributed by atoms with E-state index in [-0.39, 0.29) is 11.7 Å². The number of pyridine rings is 1. The number of rotatable bonds is 3. The summed E-state index contributed by atoms with van der Waals surface area (Å²) in [6.45, 7) is 1.26. The molecule has 5 nitrogen and oxygen atoms in total. The van der Waals surface area contributed by atoms with Crippen molar-refractivity contribution in [2.75, 3.05) is 13.7 Å². The number of hydrogen-bond acceptors (Lipinski definition) is 4. The molecule has 5 heteroatoms. The topological polar surface area (TPSA) is 57.5 Å². The van der Waals surface area contributed by atoms with Crippen molar-refractivity contribution in [2.24, 2.45) is 0 Å². The van der Waals surface area contributed by atoms with Gasteiger partial charge < -0.3 is 14.0 Å². The molecule has 2 heterocycles. The van der Waals surface area contributed by atoms with E-state index in [1.807, 2.05) is 24.3 Å². The summed E-state index contributed by atoms with van der Waals surface area (Å²) >= 11 is 0. The Labute approximate surface area is 122 Å². The number of benzene rings is 1. The summed E-state index contributed by atoms with van der Waals surface area (Å²) in [5.74, 6) is -0.493. The Morgan fingerprint density at radius 2 is 2.24 bits per heavy atom. The quantitative estimate of drug-likeness (QED) is 0.810. The predicted octanol–water partition coefficient (Wildman–Crippen LogP) is 1.97. The predicted molar refractivity (Wildman–Crippen MR) is 78.5 cm³/mol. The molecule has 0 spiro atoms. The van der Waals surface area contributed by atoms with E-state index in [1.165, 1.54) is 13.2 Å². The molecule has 3 rings (SSSR count). The summed E-state index contributed by atoms with van der Waals surface area (Å²) in [6, 6.07) is 8.72. The zero-order valence-electron chi connectivity index (χ0n) is 11.9. The van der Waals surface area contributed by atoms with Crippen LogP contribution in [0.25, 0.3) is 10.9 Å². The molecule has 0 radical (unpaired) electrons. The van der Waals surface area contributed by atoms with Crippen LogP contribution in [-0.2, 0) is 16.0 Å². The van der Waals surface area contributed by atoms with E-state index in [0.29, 0.717) is 12.1 Å². The monoisotopic (exact) mass is 287 g/mol. The minimum atomic E-state index is -0.493. The SMILES string of the molecule is COC(=O)c1cc(=O)n(CC2CCCO2)c2ccccc12. The summed E-state index contributed by atoms with van der Waals surface area (Å²) in [5.41, 5.74) is 0.840. The average molecular weight is 287 g/mol. The average Bonchev–Trinajstić information content (AvgIpc) is 3.02. The number of carbonyl (C=O) groups is 1. The molecule has 0 N–H and O–H groups in total. The number of methoxy groups -OCH3 is 1. The molecule has 1 aliphatic rings. The number of ether oxygens (including phenoxy) is 2. The minimum absolute atomic E-state index is 0.0649. The summed E-state index contributed by atoms with van der Waals surface area (Å²) in [4.78, 5) is 24.2. The summed E-state index contributed by atoms with van der Waals surface area (Å²) in [6.07, 6.45) is 2.05. The van der Waals surface area contributed by atoms with E-state index < -0.39 is 5.97 Å². The van der Waals surface area contributed by atoms with E-state index in [1.54, 1.807) is 4.57 Å². The molecule has 1 unspecified atom stereocenters. The van der Waals surface area contributed by atoms with Crippen LogP contribution in [0.3, 0.4) is 0 Å². The molecule has 1 aromatic heterocycles. The lowest BCUT2D eigenvalue weighted by Crippen LogP contribution is -2.27. The summed E-state index contributed by atoms with van der Waals surface area (Å²) in [5, 5.41) is 0.724. The Hall–Kier alpha value is -2.14. The lowest BCUT2D eigenvalue weighted by Gasteiger charge is -2.16. The van der Waals surface area contributed by atoms with Crippen molar-refractivity contribution in [1.82, 2.24) is 4.57 Å². The molecule has 21 heavy (non-hydrogen) atoms. The standard InChI is InChI=1S/C16H17NO4/c1-20-16(19)13-9-15(18)17(10-11-5-4-8-21-11)14-7-3-2-6-12(13)14/h2-3,6-7,9,11H,4-5,8,10H2,1H3. The molecule has 0 aliphatic carbocycles. The van der Waals surface area contributed by atoms with Crippen LogP contribution in [0.2, 0.25) is 0 Å². The van der Waals surface area contributed by atoms with E-state index in [2.05, 4.69) is 0 Å². The highest BCUT2D eigenvalue weighted by atomic mass is 16.5. The molecule has 0 amide bonds. The zero-order valence-corrected chi connectivity index (χ0v) is 11.9. The van der Waals surface area contributed by atoms with Gasteiger partial charge in [-0.1, -0.05) is 18.2 Å². The Morgan fingerprint density at radius 3 is 2.95 bits per heavy atom. The minimum Gasteiger partial charge on any atom is -0.465 e. The van der Waals surface area contributed by atoms with E-state index in [0.717, 1.165) is 30.4 Å².